The maximum atomic E-state index is 12.4. The van der Waals surface area contributed by atoms with Crippen LogP contribution in [0.25, 0.3) is 22.0 Å². The molecule has 0 unspecified atom stereocenters. The van der Waals surface area contributed by atoms with E-state index < -0.39 is 0 Å². The number of aromatic nitrogens is 4. The molecule has 0 radical (unpaired) electrons. The lowest BCUT2D eigenvalue weighted by Gasteiger charge is -2.33. The number of nitrogens with one attached hydrogen (secondary N) is 1. The number of carbonyl (C=O) groups is 1. The van der Waals surface area contributed by atoms with E-state index in [9.17, 15) is 9.18 Å². The van der Waals surface area contributed by atoms with Gasteiger partial charge in [0.05, 0.1) is 18.3 Å². The Morgan fingerprint density at radius 2 is 1.90 bits per heavy atom. The zero-order valence-electron chi connectivity index (χ0n) is 16.4. The van der Waals surface area contributed by atoms with Gasteiger partial charge in [-0.05, 0) is 23.8 Å². The highest BCUT2D eigenvalue weighted by Crippen LogP contribution is 2.24. The van der Waals surface area contributed by atoms with Crippen LogP contribution in [0, 0.1) is 0 Å². The molecule has 0 bridgehead atoms. The molecule has 1 aliphatic heterocycles. The van der Waals surface area contributed by atoms with E-state index in [0.717, 1.165) is 48.2 Å². The van der Waals surface area contributed by atoms with Crippen molar-refractivity contribution in [3.05, 3.63) is 36.7 Å². The summed E-state index contributed by atoms with van der Waals surface area (Å²) in [6.07, 6.45) is 3.76. The highest BCUT2D eigenvalue weighted by atomic mass is 19.1. The molecule has 1 aromatic carbocycles. The van der Waals surface area contributed by atoms with Crippen molar-refractivity contribution < 1.29 is 9.18 Å². The smallest absolute Gasteiger partial charge is 0.239 e. The Morgan fingerprint density at radius 3 is 2.62 bits per heavy atom. The van der Waals surface area contributed by atoms with Gasteiger partial charge < -0.3 is 5.32 Å². The lowest BCUT2D eigenvalue weighted by Crippen LogP contribution is -2.49. The summed E-state index contributed by atoms with van der Waals surface area (Å²) in [6.45, 7) is 3.50. The third-order valence-electron chi connectivity index (χ3n) is 5.12. The first-order valence-corrected chi connectivity index (χ1v) is 9.68. The van der Waals surface area contributed by atoms with Crippen molar-refractivity contribution in [1.29, 1.82) is 0 Å². The fourth-order valence-electron chi connectivity index (χ4n) is 3.53. The molecule has 2 aromatic heterocycles. The van der Waals surface area contributed by atoms with Crippen LogP contribution in [0.15, 0.2) is 36.7 Å². The highest BCUT2D eigenvalue weighted by molar-refractivity contribution is 5.93. The minimum atomic E-state index is -0.330. The van der Waals surface area contributed by atoms with E-state index in [4.69, 9.17) is 0 Å². The number of hydrogen-bond donors (Lipinski definition) is 1. The molecule has 0 saturated carbocycles. The normalized spacial score (nSPS) is 15.7. The third-order valence-corrected chi connectivity index (χ3v) is 5.12. The summed E-state index contributed by atoms with van der Waals surface area (Å²) in [6, 6.07) is 7.74. The van der Waals surface area contributed by atoms with Gasteiger partial charge in [-0.3, -0.25) is 19.3 Å². The van der Waals surface area contributed by atoms with E-state index in [2.05, 4.69) is 30.4 Å². The molecular formula is C20H24FN7O. The molecule has 152 valence electrons. The maximum absolute atomic E-state index is 12.4. The summed E-state index contributed by atoms with van der Waals surface area (Å²) < 4.78 is 14.2. The summed E-state index contributed by atoms with van der Waals surface area (Å²) in [5.74, 6) is 0.308. The third kappa shape index (κ3) is 4.75. The summed E-state index contributed by atoms with van der Waals surface area (Å²) in [5, 5.41) is 16.3. The van der Waals surface area contributed by atoms with Gasteiger partial charge in [-0.15, -0.1) is 10.2 Å². The minimum absolute atomic E-state index is 0.124. The van der Waals surface area contributed by atoms with Crippen LogP contribution in [0.1, 0.15) is 0 Å². The van der Waals surface area contributed by atoms with Gasteiger partial charge in [0.25, 0.3) is 0 Å². The first-order valence-electron chi connectivity index (χ1n) is 9.68. The Labute approximate surface area is 168 Å². The number of benzene rings is 1. The summed E-state index contributed by atoms with van der Waals surface area (Å²) >= 11 is 0. The van der Waals surface area contributed by atoms with Crippen molar-refractivity contribution in [2.45, 2.75) is 0 Å². The molecule has 0 atom stereocenters. The number of carbonyl (C=O) groups excluding carboxylic acids is 1. The van der Waals surface area contributed by atoms with E-state index in [-0.39, 0.29) is 12.6 Å². The van der Waals surface area contributed by atoms with Crippen molar-refractivity contribution >= 4 is 22.6 Å². The van der Waals surface area contributed by atoms with E-state index >= 15 is 0 Å². The lowest BCUT2D eigenvalue weighted by molar-refractivity contribution is -0.117. The number of fused-ring (bicyclic) bond motifs is 1. The van der Waals surface area contributed by atoms with Crippen molar-refractivity contribution in [2.75, 3.05) is 51.3 Å². The highest BCUT2D eigenvalue weighted by Gasteiger charge is 2.19. The van der Waals surface area contributed by atoms with E-state index in [1.807, 2.05) is 43.7 Å². The Kier molecular flexibility index (Phi) is 5.77. The second-order valence-corrected chi connectivity index (χ2v) is 7.26. The number of aryl methyl sites for hydroxylation is 1. The largest absolute Gasteiger partial charge is 0.308 e. The van der Waals surface area contributed by atoms with Crippen molar-refractivity contribution in [2.24, 2.45) is 7.05 Å². The Balaban J connectivity index is 1.40. The summed E-state index contributed by atoms with van der Waals surface area (Å²) in [5.41, 5.74) is 2.81. The predicted molar refractivity (Wildman–Crippen MR) is 109 cm³/mol. The van der Waals surface area contributed by atoms with Crippen molar-refractivity contribution in [3.8, 4) is 11.1 Å². The zero-order valence-corrected chi connectivity index (χ0v) is 16.4. The number of nitrogens with zero attached hydrogens (tertiary/aromatic N) is 6. The summed E-state index contributed by atoms with van der Waals surface area (Å²) in [7, 11) is 1.88. The van der Waals surface area contributed by atoms with Crippen LogP contribution in [-0.2, 0) is 11.8 Å². The zero-order chi connectivity index (χ0) is 20.2. The van der Waals surface area contributed by atoms with E-state index in [1.165, 1.54) is 0 Å². The number of piperazine rings is 1. The molecule has 29 heavy (non-hydrogen) atoms. The van der Waals surface area contributed by atoms with Gasteiger partial charge in [0.15, 0.2) is 5.82 Å². The average molecular weight is 397 g/mol. The summed E-state index contributed by atoms with van der Waals surface area (Å²) in [4.78, 5) is 16.6. The van der Waals surface area contributed by atoms with Gasteiger partial charge in [-0.25, -0.2) is 4.39 Å². The van der Waals surface area contributed by atoms with E-state index in [1.54, 1.807) is 4.68 Å². The molecule has 1 amide bonds. The molecule has 0 spiro atoms. The Morgan fingerprint density at radius 1 is 1.10 bits per heavy atom. The molecule has 3 heterocycles. The molecular weight excluding hydrogens is 373 g/mol. The van der Waals surface area contributed by atoms with Gasteiger partial charge in [0.2, 0.25) is 5.91 Å². The maximum Gasteiger partial charge on any atom is 0.239 e. The molecule has 3 aromatic rings. The van der Waals surface area contributed by atoms with Crippen LogP contribution < -0.4 is 5.32 Å². The number of halogens is 1. The molecule has 0 aliphatic carbocycles. The van der Waals surface area contributed by atoms with Crippen LogP contribution in [0.4, 0.5) is 10.2 Å². The number of alkyl halides is 1. The van der Waals surface area contributed by atoms with Gasteiger partial charge in [-0.2, -0.15) is 5.10 Å². The molecule has 1 aliphatic rings. The van der Waals surface area contributed by atoms with Gasteiger partial charge in [-0.1, -0.05) is 6.07 Å². The van der Waals surface area contributed by atoms with Crippen LogP contribution in [0.5, 0.6) is 0 Å². The Hall–Kier alpha value is -2.91. The molecule has 4 rings (SSSR count). The predicted octanol–water partition coefficient (Wildman–Crippen LogP) is 1.56. The molecule has 9 heteroatoms. The minimum Gasteiger partial charge on any atom is -0.308 e. The fourth-order valence-corrected chi connectivity index (χ4v) is 3.53. The number of hydrogen-bond acceptors (Lipinski definition) is 6. The molecule has 1 saturated heterocycles. The average Bonchev–Trinajstić information content (AvgIpc) is 3.15. The number of amides is 1. The first kappa shape index (κ1) is 19.4. The van der Waals surface area contributed by atoms with Gasteiger partial charge in [0, 0.05) is 56.9 Å². The monoisotopic (exact) mass is 397 g/mol. The molecule has 8 nitrogen and oxygen atoms in total. The quantitative estimate of drug-likeness (QED) is 0.680. The first-order chi connectivity index (χ1) is 14.1. The van der Waals surface area contributed by atoms with Gasteiger partial charge in [0.1, 0.15) is 6.67 Å². The van der Waals surface area contributed by atoms with Crippen LogP contribution in [0.3, 0.4) is 0 Å². The number of anilines is 1. The fraction of sp³-hybridized carbons (Fsp3) is 0.400. The lowest BCUT2D eigenvalue weighted by atomic mass is 10.1. The number of rotatable bonds is 6. The SMILES string of the molecule is Cn1cc(-c2ccc3nnc(NC(=O)CN4CCN(CCF)CC4)cc3c2)cn1. The standard InChI is InChI=1S/C20H24FN7O/c1-26-13-17(12-22-26)15-2-3-18-16(10-15)11-19(25-24-18)23-20(29)14-28-8-6-27(5-4-21)7-9-28/h2-3,10-13H,4-9,14H2,1H3,(H,23,25,29). The van der Waals surface area contributed by atoms with Crippen LogP contribution >= 0.6 is 0 Å². The van der Waals surface area contributed by atoms with E-state index in [0.29, 0.717) is 18.9 Å². The van der Waals surface area contributed by atoms with Crippen molar-refractivity contribution in [1.82, 2.24) is 29.8 Å². The second kappa shape index (κ2) is 8.62. The topological polar surface area (TPSA) is 79.2 Å². The van der Waals surface area contributed by atoms with Crippen molar-refractivity contribution in [3.63, 3.8) is 0 Å². The van der Waals surface area contributed by atoms with Gasteiger partial charge >= 0.3 is 0 Å². The Bertz CT molecular complexity index is 997. The molecule has 1 fully saturated rings. The van der Waals surface area contributed by atoms with Crippen LogP contribution in [-0.4, -0.2) is 81.6 Å². The van der Waals surface area contributed by atoms with Crippen LogP contribution in [0.2, 0.25) is 0 Å². The second-order valence-electron chi connectivity index (χ2n) is 7.26. The molecule has 1 N–H and O–H groups in total.